The smallest absolute Gasteiger partial charge is 0.259 e. The number of hydrogen-bond acceptors (Lipinski definition) is 4. The zero-order valence-corrected chi connectivity index (χ0v) is 10.8. The summed E-state index contributed by atoms with van der Waals surface area (Å²) in [6.45, 7) is 1.26. The molecule has 0 heterocycles. The van der Waals surface area contributed by atoms with Crippen molar-refractivity contribution in [1.29, 1.82) is 0 Å². The summed E-state index contributed by atoms with van der Waals surface area (Å²) < 4.78 is 0. The minimum Gasteiger partial charge on any atom is -0.507 e. The second kappa shape index (κ2) is 5.44. The third kappa shape index (κ3) is 2.77. The van der Waals surface area contributed by atoms with Crippen LogP contribution in [0.25, 0.3) is 0 Å². The maximum absolute atomic E-state index is 12.0. The standard InChI is InChI=1S/C15H13NO4/c1-9(17)11-7-14(19)12(8-13(11)18)15(20)16-10-5-3-2-4-6-10/h2-8,18-19H,1H3,(H,16,20). The van der Waals surface area contributed by atoms with Crippen LogP contribution in [0.1, 0.15) is 27.6 Å². The number of phenols is 2. The van der Waals surface area contributed by atoms with E-state index in [9.17, 15) is 19.8 Å². The highest BCUT2D eigenvalue weighted by atomic mass is 16.3. The summed E-state index contributed by atoms with van der Waals surface area (Å²) in [6, 6.07) is 10.9. The molecule has 2 rings (SSSR count). The molecule has 0 radical (unpaired) electrons. The van der Waals surface area contributed by atoms with Gasteiger partial charge in [-0.1, -0.05) is 18.2 Å². The molecule has 3 N–H and O–H groups in total. The Morgan fingerprint density at radius 1 is 0.950 bits per heavy atom. The molecule has 2 aromatic rings. The Morgan fingerprint density at radius 2 is 1.50 bits per heavy atom. The fraction of sp³-hybridized carbons (Fsp3) is 0.0667. The molecule has 0 aliphatic rings. The number of benzene rings is 2. The van der Waals surface area contributed by atoms with Crippen LogP contribution in [0.3, 0.4) is 0 Å². The van der Waals surface area contributed by atoms with Crippen LogP contribution in [0.5, 0.6) is 11.5 Å². The molecular weight excluding hydrogens is 258 g/mol. The van der Waals surface area contributed by atoms with E-state index in [-0.39, 0.29) is 22.6 Å². The maximum Gasteiger partial charge on any atom is 0.259 e. The lowest BCUT2D eigenvalue weighted by atomic mass is 10.1. The molecule has 102 valence electrons. The summed E-state index contributed by atoms with van der Waals surface area (Å²) in [5.74, 6) is -1.66. The Kier molecular flexibility index (Phi) is 3.70. The van der Waals surface area contributed by atoms with Crippen molar-refractivity contribution in [3.05, 3.63) is 53.6 Å². The third-order valence-corrected chi connectivity index (χ3v) is 2.77. The molecule has 0 aliphatic carbocycles. The first kappa shape index (κ1) is 13.6. The minimum atomic E-state index is -0.570. The molecule has 2 aromatic carbocycles. The third-order valence-electron chi connectivity index (χ3n) is 2.77. The van der Waals surface area contributed by atoms with Crippen molar-refractivity contribution >= 4 is 17.4 Å². The number of aromatic hydroxyl groups is 2. The number of nitrogens with one attached hydrogen (secondary N) is 1. The van der Waals surface area contributed by atoms with Crippen LogP contribution in [0, 0.1) is 0 Å². The van der Waals surface area contributed by atoms with E-state index in [1.807, 2.05) is 0 Å². The second-order valence-corrected chi connectivity index (χ2v) is 4.26. The summed E-state index contributed by atoms with van der Waals surface area (Å²) in [6.07, 6.45) is 0. The van der Waals surface area contributed by atoms with E-state index in [0.717, 1.165) is 12.1 Å². The van der Waals surface area contributed by atoms with Gasteiger partial charge in [0.2, 0.25) is 0 Å². The van der Waals surface area contributed by atoms with E-state index < -0.39 is 11.7 Å². The summed E-state index contributed by atoms with van der Waals surface area (Å²) in [5, 5.41) is 22.1. The van der Waals surface area contributed by atoms with Gasteiger partial charge in [-0.3, -0.25) is 9.59 Å². The van der Waals surface area contributed by atoms with Gasteiger partial charge in [0.25, 0.3) is 5.91 Å². The maximum atomic E-state index is 12.0. The molecule has 0 aromatic heterocycles. The van der Waals surface area contributed by atoms with Gasteiger partial charge < -0.3 is 15.5 Å². The molecule has 1 amide bonds. The van der Waals surface area contributed by atoms with Crippen LogP contribution in [-0.4, -0.2) is 21.9 Å². The number of Topliss-reactive ketones (excluding diaryl/α,β-unsaturated/α-hetero) is 1. The fourth-order valence-electron chi connectivity index (χ4n) is 1.76. The van der Waals surface area contributed by atoms with Crippen LogP contribution in [0.4, 0.5) is 5.69 Å². The van der Waals surface area contributed by atoms with Gasteiger partial charge >= 0.3 is 0 Å². The average molecular weight is 271 g/mol. The van der Waals surface area contributed by atoms with Gasteiger partial charge in [-0.25, -0.2) is 0 Å². The highest BCUT2D eigenvalue weighted by Gasteiger charge is 2.17. The Hall–Kier alpha value is -2.82. The van der Waals surface area contributed by atoms with Crippen LogP contribution in [0.2, 0.25) is 0 Å². The van der Waals surface area contributed by atoms with Crippen LogP contribution in [0.15, 0.2) is 42.5 Å². The number of rotatable bonds is 3. The van der Waals surface area contributed by atoms with Gasteiger partial charge in [0.05, 0.1) is 11.1 Å². The predicted molar refractivity (Wildman–Crippen MR) is 74.2 cm³/mol. The second-order valence-electron chi connectivity index (χ2n) is 4.26. The van der Waals surface area contributed by atoms with Crippen molar-refractivity contribution in [3.63, 3.8) is 0 Å². The van der Waals surface area contributed by atoms with E-state index >= 15 is 0 Å². The number of hydrogen-bond donors (Lipinski definition) is 3. The summed E-state index contributed by atoms with van der Waals surface area (Å²) in [5.41, 5.74) is 0.433. The largest absolute Gasteiger partial charge is 0.507 e. The lowest BCUT2D eigenvalue weighted by Gasteiger charge is -2.09. The monoisotopic (exact) mass is 271 g/mol. The van der Waals surface area contributed by atoms with Crippen molar-refractivity contribution in [3.8, 4) is 11.5 Å². The van der Waals surface area contributed by atoms with Crippen molar-refractivity contribution in [1.82, 2.24) is 0 Å². The van der Waals surface area contributed by atoms with Gasteiger partial charge in [0, 0.05) is 5.69 Å². The molecule has 0 spiro atoms. The van der Waals surface area contributed by atoms with Gasteiger partial charge in [-0.05, 0) is 31.2 Å². The SMILES string of the molecule is CC(=O)c1cc(O)c(C(=O)Nc2ccccc2)cc1O. The van der Waals surface area contributed by atoms with Crippen molar-refractivity contribution in [2.75, 3.05) is 5.32 Å². The number of amides is 1. The highest BCUT2D eigenvalue weighted by Crippen LogP contribution is 2.28. The molecule has 5 heteroatoms. The van der Waals surface area contributed by atoms with Gasteiger partial charge in [-0.2, -0.15) is 0 Å². The molecular formula is C15H13NO4. The van der Waals surface area contributed by atoms with E-state index in [1.165, 1.54) is 6.92 Å². The Labute approximate surface area is 115 Å². The van der Waals surface area contributed by atoms with Gasteiger partial charge in [0.1, 0.15) is 11.5 Å². The summed E-state index contributed by atoms with van der Waals surface area (Å²) >= 11 is 0. The first-order valence-electron chi connectivity index (χ1n) is 5.92. The zero-order chi connectivity index (χ0) is 14.7. The Balaban J connectivity index is 2.31. The number of phenolic OH excluding ortho intramolecular Hbond substituents is 2. The quantitative estimate of drug-likeness (QED) is 0.591. The van der Waals surface area contributed by atoms with E-state index in [4.69, 9.17) is 0 Å². The van der Waals surface area contributed by atoms with E-state index in [0.29, 0.717) is 5.69 Å². The predicted octanol–water partition coefficient (Wildman–Crippen LogP) is 2.55. The average Bonchev–Trinajstić information content (AvgIpc) is 2.41. The molecule has 0 atom stereocenters. The van der Waals surface area contributed by atoms with Crippen LogP contribution < -0.4 is 5.32 Å². The first-order valence-corrected chi connectivity index (χ1v) is 5.92. The topological polar surface area (TPSA) is 86.6 Å². The molecule has 0 bridgehead atoms. The van der Waals surface area contributed by atoms with Gasteiger partial charge in [-0.15, -0.1) is 0 Å². The van der Waals surface area contributed by atoms with Crippen molar-refractivity contribution < 1.29 is 19.8 Å². The lowest BCUT2D eigenvalue weighted by molar-refractivity contribution is 0.100. The van der Waals surface area contributed by atoms with Crippen molar-refractivity contribution in [2.24, 2.45) is 0 Å². The fourth-order valence-corrected chi connectivity index (χ4v) is 1.76. The molecule has 0 fully saturated rings. The number of anilines is 1. The number of para-hydroxylation sites is 1. The summed E-state index contributed by atoms with van der Waals surface area (Å²) in [4.78, 5) is 23.2. The zero-order valence-electron chi connectivity index (χ0n) is 10.8. The number of carbonyl (C=O) groups excluding carboxylic acids is 2. The highest BCUT2D eigenvalue weighted by molar-refractivity contribution is 6.08. The van der Waals surface area contributed by atoms with Gasteiger partial charge in [0.15, 0.2) is 5.78 Å². The van der Waals surface area contributed by atoms with E-state index in [2.05, 4.69) is 5.32 Å². The molecule has 0 unspecified atom stereocenters. The number of ketones is 1. The van der Waals surface area contributed by atoms with E-state index in [1.54, 1.807) is 30.3 Å². The minimum absolute atomic E-state index is 0.0289. The molecule has 20 heavy (non-hydrogen) atoms. The van der Waals surface area contributed by atoms with Crippen LogP contribution >= 0.6 is 0 Å². The van der Waals surface area contributed by atoms with Crippen LogP contribution in [-0.2, 0) is 0 Å². The molecule has 0 saturated carbocycles. The van der Waals surface area contributed by atoms with Crippen molar-refractivity contribution in [2.45, 2.75) is 6.92 Å². The molecule has 0 saturated heterocycles. The molecule has 5 nitrogen and oxygen atoms in total. The Bertz CT molecular complexity index is 665. The molecule has 0 aliphatic heterocycles. The first-order chi connectivity index (χ1) is 9.49. The normalized spacial score (nSPS) is 10.1. The summed E-state index contributed by atoms with van der Waals surface area (Å²) in [7, 11) is 0. The number of carbonyl (C=O) groups is 2. The lowest BCUT2D eigenvalue weighted by Crippen LogP contribution is -2.12. The Morgan fingerprint density at radius 3 is 2.10 bits per heavy atom.